The molecule has 2 rings (SSSR count). The Bertz CT molecular complexity index is 640. The van der Waals surface area contributed by atoms with Crippen LogP contribution in [0.2, 0.25) is 0 Å². The van der Waals surface area contributed by atoms with Gasteiger partial charge in [0.05, 0.1) is 13.7 Å². The number of benzene rings is 2. The lowest BCUT2D eigenvalue weighted by Gasteiger charge is -2.11. The van der Waals surface area contributed by atoms with E-state index in [-0.39, 0.29) is 12.5 Å². The van der Waals surface area contributed by atoms with Crippen molar-refractivity contribution in [2.24, 2.45) is 0 Å². The van der Waals surface area contributed by atoms with Crippen LogP contribution < -0.4 is 19.5 Å². The third kappa shape index (κ3) is 5.50. The highest BCUT2D eigenvalue weighted by atomic mass is 16.5. The Kier molecular flexibility index (Phi) is 6.95. The first-order valence-electron chi connectivity index (χ1n) is 7.97. The van der Waals surface area contributed by atoms with Gasteiger partial charge in [0.25, 0.3) is 5.91 Å². The van der Waals surface area contributed by atoms with Crippen molar-refractivity contribution in [1.29, 1.82) is 0 Å². The zero-order valence-electron chi connectivity index (χ0n) is 14.1. The van der Waals surface area contributed by atoms with Gasteiger partial charge in [-0.05, 0) is 36.2 Å². The molecular weight excluding hydrogens is 306 g/mol. The number of amides is 1. The van der Waals surface area contributed by atoms with Crippen LogP contribution in [-0.4, -0.2) is 32.8 Å². The maximum absolute atomic E-state index is 11.8. The SMILES string of the molecule is CCc1ccc(OCC(=O)NCCOc2ccccc2OC)cc1. The highest BCUT2D eigenvalue weighted by Gasteiger charge is 2.04. The molecule has 2 aromatic rings. The van der Waals surface area contributed by atoms with Crippen LogP contribution in [-0.2, 0) is 11.2 Å². The maximum Gasteiger partial charge on any atom is 0.258 e. The minimum Gasteiger partial charge on any atom is -0.493 e. The van der Waals surface area contributed by atoms with E-state index in [0.717, 1.165) is 6.42 Å². The van der Waals surface area contributed by atoms with Crippen molar-refractivity contribution in [3.63, 3.8) is 0 Å². The molecule has 0 spiro atoms. The van der Waals surface area contributed by atoms with Crippen LogP contribution in [0.5, 0.6) is 17.2 Å². The second-order valence-corrected chi connectivity index (χ2v) is 5.14. The highest BCUT2D eigenvalue weighted by Crippen LogP contribution is 2.25. The lowest BCUT2D eigenvalue weighted by atomic mass is 10.2. The predicted molar refractivity (Wildman–Crippen MR) is 92.8 cm³/mol. The van der Waals surface area contributed by atoms with E-state index in [1.165, 1.54) is 5.56 Å². The van der Waals surface area contributed by atoms with E-state index in [0.29, 0.717) is 30.4 Å². The Morgan fingerprint density at radius 2 is 1.71 bits per heavy atom. The second kappa shape index (κ2) is 9.45. The average molecular weight is 329 g/mol. The fraction of sp³-hybridized carbons (Fsp3) is 0.316. The third-order valence-corrected chi connectivity index (χ3v) is 3.45. The molecule has 2 aromatic carbocycles. The van der Waals surface area contributed by atoms with Gasteiger partial charge in [0.15, 0.2) is 18.1 Å². The molecule has 24 heavy (non-hydrogen) atoms. The molecule has 0 unspecified atom stereocenters. The number of hydrogen-bond donors (Lipinski definition) is 1. The quantitative estimate of drug-likeness (QED) is 0.719. The van der Waals surface area contributed by atoms with Crippen molar-refractivity contribution >= 4 is 5.91 Å². The number of carbonyl (C=O) groups excluding carboxylic acids is 1. The van der Waals surface area contributed by atoms with Crippen LogP contribution in [0.25, 0.3) is 0 Å². The summed E-state index contributed by atoms with van der Waals surface area (Å²) in [5, 5.41) is 2.75. The van der Waals surface area contributed by atoms with Gasteiger partial charge in [-0.25, -0.2) is 0 Å². The van der Waals surface area contributed by atoms with Gasteiger partial charge in [0.1, 0.15) is 12.4 Å². The van der Waals surface area contributed by atoms with E-state index < -0.39 is 0 Å². The Morgan fingerprint density at radius 3 is 2.38 bits per heavy atom. The number of carbonyl (C=O) groups is 1. The Balaban J connectivity index is 1.66. The lowest BCUT2D eigenvalue weighted by molar-refractivity contribution is -0.123. The van der Waals surface area contributed by atoms with E-state index in [9.17, 15) is 4.79 Å². The minimum atomic E-state index is -0.182. The van der Waals surface area contributed by atoms with Crippen molar-refractivity contribution in [3.05, 3.63) is 54.1 Å². The number of methoxy groups -OCH3 is 1. The van der Waals surface area contributed by atoms with Gasteiger partial charge in [-0.1, -0.05) is 31.2 Å². The zero-order chi connectivity index (χ0) is 17.2. The number of hydrogen-bond acceptors (Lipinski definition) is 4. The molecular formula is C19H23NO4. The van der Waals surface area contributed by atoms with Crippen LogP contribution in [0, 0.1) is 0 Å². The minimum absolute atomic E-state index is 0.0138. The largest absolute Gasteiger partial charge is 0.493 e. The Labute approximate surface area is 142 Å². The first kappa shape index (κ1) is 17.7. The summed E-state index contributed by atoms with van der Waals surface area (Å²) in [6.07, 6.45) is 0.979. The van der Waals surface area contributed by atoms with Crippen molar-refractivity contribution < 1.29 is 19.0 Å². The predicted octanol–water partition coefficient (Wildman–Crippen LogP) is 2.83. The summed E-state index contributed by atoms with van der Waals surface area (Å²) in [6.45, 7) is 2.84. The zero-order valence-corrected chi connectivity index (χ0v) is 14.1. The van der Waals surface area contributed by atoms with Gasteiger partial charge in [-0.15, -0.1) is 0 Å². The topological polar surface area (TPSA) is 56.8 Å². The highest BCUT2D eigenvalue weighted by molar-refractivity contribution is 5.77. The van der Waals surface area contributed by atoms with Crippen LogP contribution in [0.4, 0.5) is 0 Å². The van der Waals surface area contributed by atoms with Crippen molar-refractivity contribution in [1.82, 2.24) is 5.32 Å². The first-order chi connectivity index (χ1) is 11.7. The smallest absolute Gasteiger partial charge is 0.258 e. The molecule has 0 aliphatic carbocycles. The van der Waals surface area contributed by atoms with Crippen molar-refractivity contribution in [2.45, 2.75) is 13.3 Å². The molecule has 0 radical (unpaired) electrons. The lowest BCUT2D eigenvalue weighted by Crippen LogP contribution is -2.32. The molecule has 0 fully saturated rings. The summed E-state index contributed by atoms with van der Waals surface area (Å²) >= 11 is 0. The summed E-state index contributed by atoms with van der Waals surface area (Å²) in [5.41, 5.74) is 1.24. The molecule has 5 heteroatoms. The molecule has 0 aliphatic rings. The van der Waals surface area contributed by atoms with Gasteiger partial charge in [0, 0.05) is 0 Å². The molecule has 0 atom stereocenters. The number of para-hydroxylation sites is 2. The van der Waals surface area contributed by atoms with Gasteiger partial charge >= 0.3 is 0 Å². The van der Waals surface area contributed by atoms with Gasteiger partial charge in [0.2, 0.25) is 0 Å². The number of nitrogens with one attached hydrogen (secondary N) is 1. The molecule has 1 N–H and O–H groups in total. The van der Waals surface area contributed by atoms with Gasteiger partial charge in [-0.2, -0.15) is 0 Å². The van der Waals surface area contributed by atoms with Crippen LogP contribution in [0.15, 0.2) is 48.5 Å². The summed E-state index contributed by atoms with van der Waals surface area (Å²) in [4.78, 5) is 11.8. The molecule has 0 saturated carbocycles. The van der Waals surface area contributed by atoms with Crippen LogP contribution >= 0.6 is 0 Å². The number of ether oxygens (including phenoxy) is 3. The summed E-state index contributed by atoms with van der Waals surface area (Å²) in [5.74, 6) is 1.83. The van der Waals surface area contributed by atoms with Crippen LogP contribution in [0.3, 0.4) is 0 Å². The maximum atomic E-state index is 11.8. The first-order valence-corrected chi connectivity index (χ1v) is 7.97. The van der Waals surface area contributed by atoms with Gasteiger partial charge in [-0.3, -0.25) is 4.79 Å². The molecule has 0 bridgehead atoms. The fourth-order valence-corrected chi connectivity index (χ4v) is 2.11. The third-order valence-electron chi connectivity index (χ3n) is 3.45. The van der Waals surface area contributed by atoms with E-state index in [1.54, 1.807) is 7.11 Å². The van der Waals surface area contributed by atoms with Crippen LogP contribution in [0.1, 0.15) is 12.5 Å². The van der Waals surface area contributed by atoms with E-state index >= 15 is 0 Å². The average Bonchev–Trinajstić information content (AvgIpc) is 2.64. The fourth-order valence-electron chi connectivity index (χ4n) is 2.11. The van der Waals surface area contributed by atoms with Crippen molar-refractivity contribution in [3.8, 4) is 17.2 Å². The van der Waals surface area contributed by atoms with Crippen molar-refractivity contribution in [2.75, 3.05) is 26.9 Å². The standard InChI is InChI=1S/C19H23NO4/c1-3-15-8-10-16(11-9-15)24-14-19(21)20-12-13-23-18-7-5-4-6-17(18)22-2/h4-11H,3,12-14H2,1-2H3,(H,20,21). The Hall–Kier alpha value is -2.69. The summed E-state index contributed by atoms with van der Waals surface area (Å²) in [7, 11) is 1.59. The second-order valence-electron chi connectivity index (χ2n) is 5.14. The molecule has 0 aliphatic heterocycles. The monoisotopic (exact) mass is 329 g/mol. The molecule has 0 heterocycles. The normalized spacial score (nSPS) is 10.1. The summed E-state index contributed by atoms with van der Waals surface area (Å²) in [6, 6.07) is 15.1. The van der Waals surface area contributed by atoms with E-state index in [4.69, 9.17) is 14.2 Å². The van der Waals surface area contributed by atoms with E-state index in [1.807, 2.05) is 48.5 Å². The molecule has 0 aromatic heterocycles. The molecule has 128 valence electrons. The number of aryl methyl sites for hydroxylation is 1. The number of rotatable bonds is 9. The summed E-state index contributed by atoms with van der Waals surface area (Å²) < 4.78 is 16.2. The Morgan fingerprint density at radius 1 is 1.00 bits per heavy atom. The molecule has 5 nitrogen and oxygen atoms in total. The van der Waals surface area contributed by atoms with E-state index in [2.05, 4.69) is 12.2 Å². The molecule has 1 amide bonds. The molecule has 0 saturated heterocycles. The van der Waals surface area contributed by atoms with Gasteiger partial charge < -0.3 is 19.5 Å².